The topological polar surface area (TPSA) is 72.5 Å². The van der Waals surface area contributed by atoms with Crippen LogP contribution in [-0.2, 0) is 22.7 Å². The number of nitrogens with zero attached hydrogens (tertiary/aromatic N) is 1. The normalized spacial score (nSPS) is 14.0. The van der Waals surface area contributed by atoms with Crippen LogP contribution in [-0.4, -0.2) is 14.6 Å². The van der Waals surface area contributed by atoms with Crippen LogP contribution in [0, 0.1) is 5.82 Å². The highest BCUT2D eigenvalue weighted by Crippen LogP contribution is 2.38. The number of fused-ring (bicyclic) bond motifs is 1. The summed E-state index contributed by atoms with van der Waals surface area (Å²) in [6, 6.07) is 4.63. The molecule has 0 unspecified atom stereocenters. The summed E-state index contributed by atoms with van der Waals surface area (Å²) < 4.78 is 75.9. The standard InChI is InChI=1S/C15H10F4N2O2S/c16-14-5-10(24(20,22)23)1-2-11(14)12-4-9(15(17,18)19)3-8-6-21-7-13(8)12/h1-5,7H,6H2,(H2,20,22,23). The smallest absolute Gasteiger partial charge is 0.288 e. The molecule has 3 rings (SSSR count). The number of aliphatic imine (C=N–C) groups is 1. The first-order valence-corrected chi connectivity index (χ1v) is 8.18. The summed E-state index contributed by atoms with van der Waals surface area (Å²) in [5, 5.41) is 4.92. The third-order valence-electron chi connectivity index (χ3n) is 3.63. The zero-order valence-electron chi connectivity index (χ0n) is 11.9. The Morgan fingerprint density at radius 2 is 1.79 bits per heavy atom. The summed E-state index contributed by atoms with van der Waals surface area (Å²) in [7, 11) is -4.11. The molecule has 0 fully saturated rings. The molecular weight excluding hydrogens is 348 g/mol. The van der Waals surface area contributed by atoms with E-state index in [0.29, 0.717) is 17.2 Å². The van der Waals surface area contributed by atoms with Gasteiger partial charge in [0.15, 0.2) is 0 Å². The maximum Gasteiger partial charge on any atom is 0.416 e. The first kappa shape index (κ1) is 16.6. The molecule has 126 valence electrons. The van der Waals surface area contributed by atoms with Crippen molar-refractivity contribution in [2.45, 2.75) is 17.6 Å². The van der Waals surface area contributed by atoms with E-state index in [1.54, 1.807) is 0 Å². The maximum atomic E-state index is 14.3. The molecule has 4 nitrogen and oxygen atoms in total. The van der Waals surface area contributed by atoms with Crippen LogP contribution in [0.4, 0.5) is 17.6 Å². The lowest BCUT2D eigenvalue weighted by Gasteiger charge is -2.14. The van der Waals surface area contributed by atoms with Crippen molar-refractivity contribution in [2.24, 2.45) is 10.1 Å². The van der Waals surface area contributed by atoms with Gasteiger partial charge in [0.1, 0.15) is 5.82 Å². The van der Waals surface area contributed by atoms with Gasteiger partial charge >= 0.3 is 6.18 Å². The Labute approximate surface area is 134 Å². The monoisotopic (exact) mass is 358 g/mol. The van der Waals surface area contributed by atoms with Gasteiger partial charge in [0.25, 0.3) is 0 Å². The SMILES string of the molecule is NS(=O)(=O)c1ccc(-c2cc(C(F)(F)F)cc3c2C=NC3)c(F)c1. The van der Waals surface area contributed by atoms with Crippen molar-refractivity contribution in [2.75, 3.05) is 0 Å². The van der Waals surface area contributed by atoms with Crippen LogP contribution >= 0.6 is 0 Å². The van der Waals surface area contributed by atoms with E-state index in [1.807, 2.05) is 0 Å². The molecule has 9 heteroatoms. The largest absolute Gasteiger partial charge is 0.416 e. The second kappa shape index (κ2) is 5.38. The van der Waals surface area contributed by atoms with Crippen LogP contribution in [0.2, 0.25) is 0 Å². The molecule has 0 bridgehead atoms. The van der Waals surface area contributed by atoms with Gasteiger partial charge in [-0.25, -0.2) is 17.9 Å². The van der Waals surface area contributed by atoms with E-state index in [2.05, 4.69) is 4.99 Å². The van der Waals surface area contributed by atoms with Gasteiger partial charge in [0.2, 0.25) is 10.0 Å². The highest BCUT2D eigenvalue weighted by molar-refractivity contribution is 7.89. The minimum absolute atomic E-state index is 0.000422. The molecule has 2 aromatic carbocycles. The molecule has 0 amide bonds. The molecule has 24 heavy (non-hydrogen) atoms. The van der Waals surface area contributed by atoms with E-state index in [1.165, 1.54) is 6.21 Å². The zero-order valence-corrected chi connectivity index (χ0v) is 12.7. The molecule has 0 spiro atoms. The highest BCUT2D eigenvalue weighted by atomic mass is 32.2. The molecule has 2 N–H and O–H groups in total. The van der Waals surface area contributed by atoms with Gasteiger partial charge in [0.05, 0.1) is 17.0 Å². The van der Waals surface area contributed by atoms with Crippen LogP contribution in [0.5, 0.6) is 0 Å². The molecule has 1 aliphatic heterocycles. The Morgan fingerprint density at radius 1 is 1.08 bits per heavy atom. The molecule has 1 aliphatic rings. The van der Waals surface area contributed by atoms with Crippen LogP contribution < -0.4 is 5.14 Å². The quantitative estimate of drug-likeness (QED) is 0.838. The van der Waals surface area contributed by atoms with Gasteiger partial charge in [-0.15, -0.1) is 0 Å². The third-order valence-corrected chi connectivity index (χ3v) is 4.55. The Morgan fingerprint density at radius 3 is 2.38 bits per heavy atom. The van der Waals surface area contributed by atoms with Crippen LogP contribution in [0.1, 0.15) is 16.7 Å². The van der Waals surface area contributed by atoms with Crippen LogP contribution in [0.15, 0.2) is 40.2 Å². The molecule has 1 heterocycles. The molecule has 0 saturated heterocycles. The number of hydrogen-bond donors (Lipinski definition) is 1. The van der Waals surface area contributed by atoms with E-state index in [0.717, 1.165) is 24.3 Å². The number of halogens is 4. The number of primary sulfonamides is 1. The van der Waals surface area contributed by atoms with Gasteiger partial charge in [-0.05, 0) is 35.4 Å². The molecule has 2 aromatic rings. The van der Waals surface area contributed by atoms with Crippen molar-refractivity contribution in [1.82, 2.24) is 0 Å². The van der Waals surface area contributed by atoms with Gasteiger partial charge in [-0.3, -0.25) is 4.99 Å². The third kappa shape index (κ3) is 2.92. The summed E-state index contributed by atoms with van der Waals surface area (Å²) in [5.74, 6) is -0.983. The summed E-state index contributed by atoms with van der Waals surface area (Å²) in [6.07, 6.45) is -3.22. The average Bonchev–Trinajstić information content (AvgIpc) is 2.92. The van der Waals surface area contributed by atoms with Gasteiger partial charge in [0, 0.05) is 17.3 Å². The molecule has 0 radical (unpaired) electrons. The number of hydrogen-bond acceptors (Lipinski definition) is 3. The van der Waals surface area contributed by atoms with Crippen LogP contribution in [0.3, 0.4) is 0 Å². The molecule has 0 saturated carbocycles. The first-order chi connectivity index (χ1) is 11.1. The second-order valence-electron chi connectivity index (χ2n) is 5.25. The number of nitrogens with two attached hydrogens (primary N) is 1. The number of benzene rings is 2. The lowest BCUT2D eigenvalue weighted by atomic mass is 9.94. The predicted octanol–water partition coefficient (Wildman–Crippen LogP) is 3.09. The van der Waals surface area contributed by atoms with E-state index < -0.39 is 32.5 Å². The summed E-state index contributed by atoms with van der Waals surface area (Å²) >= 11 is 0. The fourth-order valence-electron chi connectivity index (χ4n) is 2.51. The van der Waals surface area contributed by atoms with Gasteiger partial charge in [-0.1, -0.05) is 6.07 Å². The Kier molecular flexibility index (Phi) is 3.72. The molecule has 0 atom stereocenters. The summed E-state index contributed by atoms with van der Waals surface area (Å²) in [5.41, 5.74) is -0.366. The Bertz CT molecular complexity index is 966. The van der Waals surface area contributed by atoms with Crippen LogP contribution in [0.25, 0.3) is 11.1 Å². The van der Waals surface area contributed by atoms with E-state index in [4.69, 9.17) is 5.14 Å². The Hall–Kier alpha value is -2.26. The Balaban J connectivity index is 2.23. The fourth-order valence-corrected chi connectivity index (χ4v) is 3.04. The molecule has 0 aliphatic carbocycles. The van der Waals surface area contributed by atoms with Crippen molar-refractivity contribution in [1.29, 1.82) is 0 Å². The van der Waals surface area contributed by atoms with Crippen molar-refractivity contribution in [3.8, 4) is 11.1 Å². The minimum atomic E-state index is -4.59. The molecule has 0 aromatic heterocycles. The number of rotatable bonds is 2. The average molecular weight is 358 g/mol. The van der Waals surface area contributed by atoms with Gasteiger partial charge < -0.3 is 0 Å². The fraction of sp³-hybridized carbons (Fsp3) is 0.133. The lowest BCUT2D eigenvalue weighted by molar-refractivity contribution is -0.137. The van der Waals surface area contributed by atoms with E-state index in [-0.39, 0.29) is 17.7 Å². The zero-order chi connectivity index (χ0) is 17.7. The van der Waals surface area contributed by atoms with Crippen molar-refractivity contribution in [3.05, 3.63) is 52.8 Å². The number of sulfonamides is 1. The number of alkyl halides is 3. The summed E-state index contributed by atoms with van der Waals surface area (Å²) in [4.78, 5) is 3.46. The van der Waals surface area contributed by atoms with Crippen molar-refractivity contribution >= 4 is 16.2 Å². The first-order valence-electron chi connectivity index (χ1n) is 6.64. The lowest BCUT2D eigenvalue weighted by Crippen LogP contribution is -2.12. The highest BCUT2D eigenvalue weighted by Gasteiger charge is 2.33. The van der Waals surface area contributed by atoms with Crippen molar-refractivity contribution < 1.29 is 26.0 Å². The van der Waals surface area contributed by atoms with Crippen molar-refractivity contribution in [3.63, 3.8) is 0 Å². The van der Waals surface area contributed by atoms with E-state index >= 15 is 0 Å². The minimum Gasteiger partial charge on any atom is -0.288 e. The predicted molar refractivity (Wildman–Crippen MR) is 79.5 cm³/mol. The maximum absolute atomic E-state index is 14.3. The summed E-state index contributed by atoms with van der Waals surface area (Å²) in [6.45, 7) is 0.0726. The second-order valence-corrected chi connectivity index (χ2v) is 6.81. The van der Waals surface area contributed by atoms with Gasteiger partial charge in [-0.2, -0.15) is 13.2 Å². The van der Waals surface area contributed by atoms with E-state index in [9.17, 15) is 26.0 Å². The molecular formula is C15H10F4N2O2S.